The molecule has 0 unspecified atom stereocenters. The van der Waals surface area contributed by atoms with Crippen LogP contribution in [0.2, 0.25) is 0 Å². The Morgan fingerprint density at radius 2 is 1.83 bits per heavy atom. The molecular weight excluding hydrogens is 238 g/mol. The van der Waals surface area contributed by atoms with Crippen molar-refractivity contribution in [1.82, 2.24) is 5.32 Å². The fraction of sp³-hybridized carbons (Fsp3) is 0.750. The van der Waals surface area contributed by atoms with Gasteiger partial charge < -0.3 is 5.32 Å². The van der Waals surface area contributed by atoms with Crippen LogP contribution in [0.1, 0.15) is 63.6 Å². The van der Waals surface area contributed by atoms with E-state index in [0.29, 0.717) is 11.5 Å². The summed E-state index contributed by atoms with van der Waals surface area (Å²) >= 11 is 1.99. The van der Waals surface area contributed by atoms with E-state index in [4.69, 9.17) is 0 Å². The van der Waals surface area contributed by atoms with E-state index < -0.39 is 0 Å². The lowest BCUT2D eigenvalue weighted by molar-refractivity contribution is 0.549. The third kappa shape index (κ3) is 6.01. The molecule has 0 aliphatic rings. The van der Waals surface area contributed by atoms with Gasteiger partial charge in [0.05, 0.1) is 0 Å². The van der Waals surface area contributed by atoms with Crippen molar-refractivity contribution in [3.63, 3.8) is 0 Å². The van der Waals surface area contributed by atoms with E-state index in [9.17, 15) is 0 Å². The fourth-order valence-corrected chi connectivity index (χ4v) is 3.01. The predicted octanol–water partition coefficient (Wildman–Crippen LogP) is 4.76. The molecule has 1 aromatic rings. The second kappa shape index (κ2) is 7.30. The monoisotopic (exact) mass is 267 g/mol. The predicted molar refractivity (Wildman–Crippen MR) is 83.7 cm³/mol. The summed E-state index contributed by atoms with van der Waals surface area (Å²) in [6, 6.07) is 5.24. The Morgan fingerprint density at radius 3 is 2.39 bits per heavy atom. The third-order valence-corrected chi connectivity index (χ3v) is 4.62. The summed E-state index contributed by atoms with van der Waals surface area (Å²) in [6.45, 7) is 12.5. The van der Waals surface area contributed by atoms with Gasteiger partial charge >= 0.3 is 0 Å². The van der Waals surface area contributed by atoms with E-state index in [1.54, 1.807) is 4.88 Å². The van der Waals surface area contributed by atoms with Gasteiger partial charge in [-0.2, -0.15) is 0 Å². The van der Waals surface area contributed by atoms with Crippen molar-refractivity contribution in [1.29, 1.82) is 0 Å². The van der Waals surface area contributed by atoms with Gasteiger partial charge in [-0.1, -0.05) is 41.0 Å². The summed E-state index contributed by atoms with van der Waals surface area (Å²) in [5.41, 5.74) is 0.310. The molecule has 2 heteroatoms. The molecular formula is C16H29NS. The Labute approximate surface area is 117 Å². The molecule has 0 aliphatic carbocycles. The van der Waals surface area contributed by atoms with Gasteiger partial charge in [-0.05, 0) is 43.4 Å². The van der Waals surface area contributed by atoms with Gasteiger partial charge in [-0.15, -0.1) is 11.3 Å². The summed E-state index contributed by atoms with van der Waals surface area (Å²) in [5, 5.41) is 3.47. The summed E-state index contributed by atoms with van der Waals surface area (Å²) in [5.74, 6) is 0. The summed E-state index contributed by atoms with van der Waals surface area (Å²) < 4.78 is 0. The Kier molecular flexibility index (Phi) is 6.37. The van der Waals surface area contributed by atoms with Gasteiger partial charge in [0.1, 0.15) is 0 Å². The van der Waals surface area contributed by atoms with Crippen molar-refractivity contribution in [2.24, 2.45) is 0 Å². The highest BCUT2D eigenvalue weighted by atomic mass is 32.1. The lowest BCUT2D eigenvalue weighted by Crippen LogP contribution is -2.23. The van der Waals surface area contributed by atoms with Crippen molar-refractivity contribution in [3.8, 4) is 0 Å². The van der Waals surface area contributed by atoms with Crippen molar-refractivity contribution in [2.75, 3.05) is 6.54 Å². The molecule has 1 N–H and O–H groups in total. The van der Waals surface area contributed by atoms with Crippen LogP contribution < -0.4 is 5.32 Å². The van der Waals surface area contributed by atoms with Crippen LogP contribution >= 0.6 is 11.3 Å². The van der Waals surface area contributed by atoms with Crippen molar-refractivity contribution < 1.29 is 0 Å². The SMILES string of the molecule is CC(C)NCCCCCc1ccc(C(C)(C)C)s1. The molecule has 0 fully saturated rings. The maximum absolute atomic E-state index is 3.47. The maximum atomic E-state index is 3.47. The molecule has 1 rings (SSSR count). The van der Waals surface area contributed by atoms with Crippen molar-refractivity contribution in [2.45, 2.75) is 71.8 Å². The lowest BCUT2D eigenvalue weighted by Gasteiger charge is -2.15. The third-order valence-electron chi connectivity index (χ3n) is 3.05. The molecule has 0 saturated carbocycles. The zero-order valence-electron chi connectivity index (χ0n) is 12.7. The normalized spacial score (nSPS) is 12.3. The van der Waals surface area contributed by atoms with Gasteiger partial charge in [-0.25, -0.2) is 0 Å². The molecule has 0 aliphatic heterocycles. The number of hydrogen-bond acceptors (Lipinski definition) is 2. The molecule has 1 heterocycles. The smallest absolute Gasteiger partial charge is 0.0102 e. The van der Waals surface area contributed by atoms with Gasteiger partial charge in [-0.3, -0.25) is 0 Å². The van der Waals surface area contributed by atoms with Crippen LogP contribution in [0.15, 0.2) is 12.1 Å². The average molecular weight is 267 g/mol. The van der Waals surface area contributed by atoms with E-state index in [2.05, 4.69) is 52.1 Å². The fourth-order valence-electron chi connectivity index (χ4n) is 1.91. The standard InChI is InChI=1S/C16H29NS/c1-13(2)17-12-8-6-7-9-14-10-11-15(18-14)16(3,4)5/h10-11,13,17H,6-9,12H2,1-5H3. The number of thiophene rings is 1. The molecule has 0 bridgehead atoms. The molecule has 0 saturated heterocycles. The Bertz CT molecular complexity index is 333. The number of hydrogen-bond donors (Lipinski definition) is 1. The minimum atomic E-state index is 0.310. The Balaban J connectivity index is 2.18. The molecule has 0 spiro atoms. The molecule has 0 amide bonds. The van der Waals surface area contributed by atoms with Crippen LogP contribution in [0.5, 0.6) is 0 Å². The highest BCUT2D eigenvalue weighted by Gasteiger charge is 2.15. The maximum Gasteiger partial charge on any atom is 0.0102 e. The first-order valence-electron chi connectivity index (χ1n) is 7.22. The van der Waals surface area contributed by atoms with Crippen LogP contribution in [0.4, 0.5) is 0 Å². The minimum Gasteiger partial charge on any atom is -0.315 e. The van der Waals surface area contributed by atoms with Crippen LogP contribution in [0.25, 0.3) is 0 Å². The molecule has 0 radical (unpaired) electrons. The van der Waals surface area contributed by atoms with Gasteiger partial charge in [0.25, 0.3) is 0 Å². The quantitative estimate of drug-likeness (QED) is 0.703. The second-order valence-corrected chi connectivity index (χ2v) is 7.60. The Morgan fingerprint density at radius 1 is 1.11 bits per heavy atom. The summed E-state index contributed by atoms with van der Waals surface area (Å²) in [6.07, 6.45) is 5.21. The zero-order valence-corrected chi connectivity index (χ0v) is 13.5. The number of rotatable bonds is 7. The number of aryl methyl sites for hydroxylation is 1. The van der Waals surface area contributed by atoms with Crippen LogP contribution in [0.3, 0.4) is 0 Å². The molecule has 18 heavy (non-hydrogen) atoms. The highest BCUT2D eigenvalue weighted by molar-refractivity contribution is 7.12. The molecule has 1 nitrogen and oxygen atoms in total. The van der Waals surface area contributed by atoms with Gasteiger partial charge in [0, 0.05) is 15.8 Å². The van der Waals surface area contributed by atoms with Gasteiger partial charge in [0.15, 0.2) is 0 Å². The van der Waals surface area contributed by atoms with Crippen LogP contribution in [-0.4, -0.2) is 12.6 Å². The lowest BCUT2D eigenvalue weighted by atomic mass is 9.95. The van der Waals surface area contributed by atoms with Crippen LogP contribution in [-0.2, 0) is 11.8 Å². The van der Waals surface area contributed by atoms with Crippen molar-refractivity contribution in [3.05, 3.63) is 21.9 Å². The van der Waals surface area contributed by atoms with Crippen molar-refractivity contribution >= 4 is 11.3 Å². The van der Waals surface area contributed by atoms with E-state index in [0.717, 1.165) is 6.54 Å². The highest BCUT2D eigenvalue weighted by Crippen LogP contribution is 2.30. The topological polar surface area (TPSA) is 12.0 Å². The molecule has 0 atom stereocenters. The summed E-state index contributed by atoms with van der Waals surface area (Å²) in [7, 11) is 0. The largest absolute Gasteiger partial charge is 0.315 e. The zero-order chi connectivity index (χ0) is 13.6. The first-order valence-corrected chi connectivity index (χ1v) is 8.04. The molecule has 0 aromatic carbocycles. The number of unbranched alkanes of at least 4 members (excludes halogenated alkanes) is 2. The van der Waals surface area contributed by atoms with E-state index >= 15 is 0 Å². The number of nitrogens with one attached hydrogen (secondary N) is 1. The first kappa shape index (κ1) is 15.7. The van der Waals surface area contributed by atoms with E-state index in [-0.39, 0.29) is 0 Å². The van der Waals surface area contributed by atoms with E-state index in [1.807, 2.05) is 11.3 Å². The summed E-state index contributed by atoms with van der Waals surface area (Å²) in [4.78, 5) is 3.07. The molecule has 1 aromatic heterocycles. The van der Waals surface area contributed by atoms with E-state index in [1.165, 1.54) is 30.6 Å². The average Bonchev–Trinajstić information content (AvgIpc) is 2.71. The molecule has 104 valence electrons. The minimum absolute atomic E-state index is 0.310. The first-order chi connectivity index (χ1) is 8.39. The van der Waals surface area contributed by atoms with Gasteiger partial charge in [0.2, 0.25) is 0 Å². The second-order valence-electron chi connectivity index (χ2n) is 6.44. The Hall–Kier alpha value is -0.340. The van der Waals surface area contributed by atoms with Crippen LogP contribution in [0, 0.1) is 0 Å².